The second kappa shape index (κ2) is 9.07. The van der Waals surface area contributed by atoms with E-state index < -0.39 is 0 Å². The summed E-state index contributed by atoms with van der Waals surface area (Å²) in [6.45, 7) is 3.30. The van der Waals surface area contributed by atoms with E-state index in [-0.39, 0.29) is 11.8 Å². The minimum Gasteiger partial charge on any atom is -0.353 e. The number of hydrogen-bond acceptors (Lipinski definition) is 4. The molecule has 6 nitrogen and oxygen atoms in total. The van der Waals surface area contributed by atoms with Gasteiger partial charge < -0.3 is 15.1 Å². The van der Waals surface area contributed by atoms with Crippen molar-refractivity contribution in [3.05, 3.63) is 59.8 Å². The molecule has 2 saturated heterocycles. The molecule has 3 heterocycles. The molecule has 2 aromatic rings. The van der Waals surface area contributed by atoms with Gasteiger partial charge in [-0.2, -0.15) is 0 Å². The van der Waals surface area contributed by atoms with E-state index in [0.717, 1.165) is 44.7 Å². The van der Waals surface area contributed by atoms with Crippen LogP contribution in [0.25, 0.3) is 0 Å². The van der Waals surface area contributed by atoms with Crippen molar-refractivity contribution in [2.75, 3.05) is 37.6 Å². The summed E-state index contributed by atoms with van der Waals surface area (Å²) in [4.78, 5) is 32.7. The number of piperidine rings is 1. The van der Waals surface area contributed by atoms with E-state index in [9.17, 15) is 9.59 Å². The lowest BCUT2D eigenvalue weighted by molar-refractivity contribution is -0.120. The molecule has 4 rings (SSSR count). The van der Waals surface area contributed by atoms with Gasteiger partial charge in [-0.25, -0.2) is 4.98 Å². The van der Waals surface area contributed by atoms with Crippen LogP contribution in [-0.2, 0) is 11.2 Å². The maximum absolute atomic E-state index is 12.8. The fourth-order valence-electron chi connectivity index (χ4n) is 4.16. The highest BCUT2D eigenvalue weighted by Crippen LogP contribution is 2.24. The number of hydrogen-bond donors (Lipinski definition) is 1. The lowest BCUT2D eigenvalue weighted by Crippen LogP contribution is -2.48. The molecular formula is C23H28N4O2. The molecule has 0 atom stereocenters. The summed E-state index contributed by atoms with van der Waals surface area (Å²) < 4.78 is 0. The third kappa shape index (κ3) is 4.94. The van der Waals surface area contributed by atoms with Crippen molar-refractivity contribution >= 4 is 17.6 Å². The van der Waals surface area contributed by atoms with Crippen LogP contribution in [0, 0.1) is 5.92 Å². The number of carbonyl (C=O) groups is 2. The lowest BCUT2D eigenvalue weighted by atomic mass is 9.90. The lowest BCUT2D eigenvalue weighted by Gasteiger charge is -2.32. The SMILES string of the molecule is O=C1CN(c2ccc(C(=O)N3CCC(CCc4ccccc4)CC3)cn2)CCN1. The number of anilines is 1. The Morgan fingerprint density at radius 3 is 2.55 bits per heavy atom. The number of carbonyl (C=O) groups excluding carboxylic acids is 2. The van der Waals surface area contributed by atoms with Gasteiger partial charge in [-0.3, -0.25) is 9.59 Å². The number of nitrogens with one attached hydrogen (secondary N) is 1. The van der Waals surface area contributed by atoms with Crippen molar-refractivity contribution in [2.24, 2.45) is 5.92 Å². The summed E-state index contributed by atoms with van der Waals surface area (Å²) in [5, 5.41) is 2.81. The van der Waals surface area contributed by atoms with E-state index in [1.807, 2.05) is 21.9 Å². The fourth-order valence-corrected chi connectivity index (χ4v) is 4.16. The molecule has 2 aliphatic heterocycles. The summed E-state index contributed by atoms with van der Waals surface area (Å²) in [6.07, 6.45) is 6.07. The van der Waals surface area contributed by atoms with E-state index in [4.69, 9.17) is 0 Å². The minimum absolute atomic E-state index is 0.00772. The number of benzene rings is 1. The monoisotopic (exact) mass is 392 g/mol. The van der Waals surface area contributed by atoms with Crippen LogP contribution < -0.4 is 10.2 Å². The van der Waals surface area contributed by atoms with Gasteiger partial charge in [-0.1, -0.05) is 30.3 Å². The van der Waals surface area contributed by atoms with Crippen LogP contribution in [0.15, 0.2) is 48.7 Å². The first-order chi connectivity index (χ1) is 14.2. The van der Waals surface area contributed by atoms with Crippen molar-refractivity contribution < 1.29 is 9.59 Å². The Bertz CT molecular complexity index is 830. The normalized spacial score (nSPS) is 17.9. The Morgan fingerprint density at radius 2 is 1.86 bits per heavy atom. The van der Waals surface area contributed by atoms with E-state index >= 15 is 0 Å². The number of rotatable bonds is 5. The van der Waals surface area contributed by atoms with Crippen LogP contribution in [0.5, 0.6) is 0 Å². The number of piperazine rings is 1. The maximum atomic E-state index is 12.8. The Kier molecular flexibility index (Phi) is 6.08. The summed E-state index contributed by atoms with van der Waals surface area (Å²) in [5.74, 6) is 1.50. The van der Waals surface area contributed by atoms with E-state index in [1.165, 1.54) is 12.0 Å². The minimum atomic E-state index is 0.00772. The zero-order chi connectivity index (χ0) is 20.1. The van der Waals surface area contributed by atoms with E-state index in [1.54, 1.807) is 6.20 Å². The van der Waals surface area contributed by atoms with Gasteiger partial charge in [0.1, 0.15) is 5.82 Å². The smallest absolute Gasteiger partial charge is 0.255 e. The summed E-state index contributed by atoms with van der Waals surface area (Å²) in [6, 6.07) is 14.3. The Morgan fingerprint density at radius 1 is 1.07 bits per heavy atom. The fraction of sp³-hybridized carbons (Fsp3) is 0.435. The number of aromatic nitrogens is 1. The summed E-state index contributed by atoms with van der Waals surface area (Å²) in [7, 11) is 0. The zero-order valence-corrected chi connectivity index (χ0v) is 16.7. The molecule has 0 spiro atoms. The van der Waals surface area contributed by atoms with Gasteiger partial charge in [0.05, 0.1) is 12.1 Å². The third-order valence-corrected chi connectivity index (χ3v) is 5.94. The van der Waals surface area contributed by atoms with Crippen LogP contribution in [0.2, 0.25) is 0 Å². The molecule has 2 amide bonds. The van der Waals surface area contributed by atoms with Gasteiger partial charge in [-0.05, 0) is 49.3 Å². The summed E-state index contributed by atoms with van der Waals surface area (Å²) >= 11 is 0. The zero-order valence-electron chi connectivity index (χ0n) is 16.7. The molecule has 6 heteroatoms. The molecular weight excluding hydrogens is 364 g/mol. The standard InChI is InChI=1S/C23H28N4O2/c28-22-17-27(15-12-24-22)21-9-8-20(16-25-21)23(29)26-13-10-19(11-14-26)7-6-18-4-2-1-3-5-18/h1-5,8-9,16,19H,6-7,10-15,17H2,(H,24,28). The third-order valence-electron chi connectivity index (χ3n) is 5.94. The summed E-state index contributed by atoms with van der Waals surface area (Å²) in [5.41, 5.74) is 2.02. The highest BCUT2D eigenvalue weighted by atomic mass is 16.2. The Balaban J connectivity index is 1.27. The molecule has 0 bridgehead atoms. The molecule has 1 aromatic carbocycles. The topological polar surface area (TPSA) is 65.5 Å². The Labute approximate surface area is 171 Å². The molecule has 0 radical (unpaired) electrons. The quantitative estimate of drug-likeness (QED) is 0.849. The van der Waals surface area contributed by atoms with Crippen LogP contribution >= 0.6 is 0 Å². The first-order valence-electron chi connectivity index (χ1n) is 10.5. The van der Waals surface area contributed by atoms with Crippen LogP contribution in [0.3, 0.4) is 0 Å². The molecule has 0 saturated carbocycles. The average molecular weight is 393 g/mol. The Hall–Kier alpha value is -2.89. The van der Waals surface area contributed by atoms with Crippen molar-refractivity contribution in [3.63, 3.8) is 0 Å². The molecule has 2 fully saturated rings. The predicted molar refractivity (Wildman–Crippen MR) is 113 cm³/mol. The van der Waals surface area contributed by atoms with Gasteiger partial charge in [0.2, 0.25) is 5.91 Å². The van der Waals surface area contributed by atoms with Crippen LogP contribution in [0.1, 0.15) is 35.2 Å². The first-order valence-corrected chi connectivity index (χ1v) is 10.5. The van der Waals surface area contributed by atoms with Crippen molar-refractivity contribution in [1.29, 1.82) is 0 Å². The van der Waals surface area contributed by atoms with Gasteiger partial charge in [0, 0.05) is 32.4 Å². The molecule has 0 unspecified atom stereocenters. The number of nitrogens with zero attached hydrogens (tertiary/aromatic N) is 3. The molecule has 152 valence electrons. The first kappa shape index (κ1) is 19.4. The van der Waals surface area contributed by atoms with Gasteiger partial charge >= 0.3 is 0 Å². The highest BCUT2D eigenvalue weighted by Gasteiger charge is 2.24. The van der Waals surface area contributed by atoms with Crippen LogP contribution in [-0.4, -0.2) is 54.4 Å². The predicted octanol–water partition coefficient (Wildman–Crippen LogP) is 2.50. The van der Waals surface area contributed by atoms with Crippen molar-refractivity contribution in [1.82, 2.24) is 15.2 Å². The number of likely N-dealkylation sites (tertiary alicyclic amines) is 1. The van der Waals surface area contributed by atoms with E-state index in [2.05, 4.69) is 40.6 Å². The second-order valence-electron chi connectivity index (χ2n) is 7.94. The van der Waals surface area contributed by atoms with Gasteiger partial charge in [-0.15, -0.1) is 0 Å². The molecule has 2 aliphatic rings. The highest BCUT2D eigenvalue weighted by molar-refractivity contribution is 5.94. The van der Waals surface area contributed by atoms with Gasteiger partial charge in [0.15, 0.2) is 0 Å². The molecule has 29 heavy (non-hydrogen) atoms. The van der Waals surface area contributed by atoms with Crippen LogP contribution in [0.4, 0.5) is 5.82 Å². The van der Waals surface area contributed by atoms with Gasteiger partial charge in [0.25, 0.3) is 5.91 Å². The van der Waals surface area contributed by atoms with E-state index in [0.29, 0.717) is 24.6 Å². The second-order valence-corrected chi connectivity index (χ2v) is 7.94. The van der Waals surface area contributed by atoms with Crippen molar-refractivity contribution in [2.45, 2.75) is 25.7 Å². The number of amides is 2. The molecule has 1 aromatic heterocycles. The average Bonchev–Trinajstić information content (AvgIpc) is 2.78. The molecule has 0 aliphatic carbocycles. The number of pyridine rings is 1. The van der Waals surface area contributed by atoms with Crippen molar-refractivity contribution in [3.8, 4) is 0 Å². The number of aryl methyl sites for hydroxylation is 1. The maximum Gasteiger partial charge on any atom is 0.255 e. The molecule has 1 N–H and O–H groups in total. The largest absolute Gasteiger partial charge is 0.353 e.